The lowest BCUT2D eigenvalue weighted by molar-refractivity contribution is -0.267. The van der Waals surface area contributed by atoms with E-state index in [1.807, 2.05) is 0 Å². The van der Waals surface area contributed by atoms with Crippen molar-refractivity contribution in [2.24, 2.45) is 0 Å². The van der Waals surface area contributed by atoms with Crippen LogP contribution in [-0.2, 0) is 4.74 Å². The monoisotopic (exact) mass is 230 g/mol. The van der Waals surface area contributed by atoms with Crippen molar-refractivity contribution in [2.75, 3.05) is 20.9 Å². The van der Waals surface area contributed by atoms with Crippen LogP contribution in [0, 0.1) is 0 Å². The number of methoxy groups -OCH3 is 1. The Morgan fingerprint density at radius 1 is 1.07 bits per heavy atom. The zero-order chi connectivity index (χ0) is 12.0. The van der Waals surface area contributed by atoms with Crippen LogP contribution in [0.15, 0.2) is 0 Å². The van der Waals surface area contributed by atoms with E-state index in [9.17, 15) is 30.7 Å². The Morgan fingerprint density at radius 2 is 1.36 bits per heavy atom. The van der Waals surface area contributed by atoms with E-state index in [0.29, 0.717) is 0 Å². The van der Waals surface area contributed by atoms with Crippen molar-refractivity contribution < 1.29 is 35.5 Å². The van der Waals surface area contributed by atoms with E-state index < -0.39 is 24.9 Å². The third-order valence-electron chi connectivity index (χ3n) is 0.930. The molecule has 0 heterocycles. The Bertz CT molecular complexity index is 147. The lowest BCUT2D eigenvalue weighted by atomic mass is 10.2. The second-order valence-electron chi connectivity index (χ2n) is 2.17. The highest BCUT2D eigenvalue weighted by Gasteiger charge is 2.62. The van der Waals surface area contributed by atoms with Gasteiger partial charge in [0.2, 0.25) is 0 Å². The normalized spacial score (nSPS) is 12.4. The molecule has 0 aromatic heterocycles. The molecule has 0 aliphatic carbocycles. The summed E-state index contributed by atoms with van der Waals surface area (Å²) in [6.07, 6.45) is -4.56. The van der Waals surface area contributed by atoms with E-state index in [1.165, 1.54) is 0 Å². The van der Waals surface area contributed by atoms with Gasteiger partial charge in [-0.15, -0.1) is 0 Å². The molecule has 0 amide bonds. The minimum atomic E-state index is -5.60. The topological polar surface area (TPSA) is 9.23 Å². The Labute approximate surface area is 75.8 Å². The third kappa shape index (κ3) is 4.12. The van der Waals surface area contributed by atoms with E-state index in [4.69, 9.17) is 0 Å². The Kier molecular flexibility index (Phi) is 6.88. The fraction of sp³-hybridized carbons (Fsp3) is 1.00. The van der Waals surface area contributed by atoms with Crippen molar-refractivity contribution in [2.45, 2.75) is 18.3 Å². The number of ether oxygens (including phenoxy) is 1. The van der Waals surface area contributed by atoms with Gasteiger partial charge in [0.1, 0.15) is 0 Å². The van der Waals surface area contributed by atoms with E-state index >= 15 is 0 Å². The lowest BCUT2D eigenvalue weighted by Gasteiger charge is -2.22. The highest BCUT2D eigenvalue weighted by molar-refractivity contribution is 4.86. The summed E-state index contributed by atoms with van der Waals surface area (Å²) in [6.45, 7) is -2.80. The summed E-state index contributed by atoms with van der Waals surface area (Å²) < 4.78 is 83.8. The summed E-state index contributed by atoms with van der Waals surface area (Å²) in [6, 6.07) is 0. The van der Waals surface area contributed by atoms with Crippen molar-refractivity contribution in [1.82, 2.24) is 0 Å². The van der Waals surface area contributed by atoms with Gasteiger partial charge in [-0.05, 0) is 0 Å². The van der Waals surface area contributed by atoms with Crippen LogP contribution in [0.5, 0.6) is 0 Å². The molecule has 8 heteroatoms. The zero-order valence-corrected chi connectivity index (χ0v) is 7.34. The first-order chi connectivity index (χ1) is 6.17. The molecule has 0 saturated heterocycles. The summed E-state index contributed by atoms with van der Waals surface area (Å²) in [7, 11) is 3.25. The molecule has 0 spiro atoms. The number of hydrogen-bond donors (Lipinski definition) is 0. The van der Waals surface area contributed by atoms with Gasteiger partial charge in [0.05, 0.1) is 0 Å². The molecular formula is C6H9F7O. The van der Waals surface area contributed by atoms with E-state index in [1.54, 1.807) is 14.2 Å². The SMILES string of the molecule is COC.FCC(F)(F)C(F)(F)C(F)F. The minimum absolute atomic E-state index is 1.62. The molecule has 0 bridgehead atoms. The van der Waals surface area contributed by atoms with Crippen LogP contribution in [0.3, 0.4) is 0 Å². The second kappa shape index (κ2) is 6.05. The molecule has 0 unspecified atom stereocenters. The molecule has 0 aliphatic rings. The Balaban J connectivity index is 0. The molecule has 0 fully saturated rings. The molecule has 0 aromatic rings. The van der Waals surface area contributed by atoms with Crippen LogP contribution in [-0.4, -0.2) is 39.2 Å². The maximum atomic E-state index is 11.6. The van der Waals surface area contributed by atoms with Crippen LogP contribution in [0.4, 0.5) is 30.7 Å². The Morgan fingerprint density at radius 3 is 1.43 bits per heavy atom. The average Bonchev–Trinajstić information content (AvgIpc) is 2.05. The average molecular weight is 230 g/mol. The van der Waals surface area contributed by atoms with Gasteiger partial charge >= 0.3 is 18.3 Å². The largest absolute Gasteiger partial charge is 0.388 e. The molecule has 14 heavy (non-hydrogen) atoms. The molecule has 0 saturated carbocycles. The Hall–Kier alpha value is -0.530. The smallest absolute Gasteiger partial charge is 0.371 e. The molecular weight excluding hydrogens is 221 g/mol. The molecule has 0 atom stereocenters. The van der Waals surface area contributed by atoms with E-state index in [2.05, 4.69) is 4.74 Å². The highest BCUT2D eigenvalue weighted by Crippen LogP contribution is 2.39. The van der Waals surface area contributed by atoms with Gasteiger partial charge in [0.25, 0.3) is 0 Å². The minimum Gasteiger partial charge on any atom is -0.388 e. The van der Waals surface area contributed by atoms with Gasteiger partial charge < -0.3 is 4.74 Å². The lowest BCUT2D eigenvalue weighted by Crippen LogP contribution is -2.47. The predicted octanol–water partition coefficient (Wildman–Crippen LogP) is 2.75. The summed E-state index contributed by atoms with van der Waals surface area (Å²) in [5, 5.41) is 0. The first-order valence-corrected chi connectivity index (χ1v) is 3.17. The van der Waals surface area contributed by atoms with E-state index in [-0.39, 0.29) is 0 Å². The molecule has 88 valence electrons. The highest BCUT2D eigenvalue weighted by atomic mass is 19.3. The third-order valence-corrected chi connectivity index (χ3v) is 0.930. The van der Waals surface area contributed by atoms with Crippen LogP contribution < -0.4 is 0 Å². The molecule has 0 aliphatic heterocycles. The molecule has 0 rings (SSSR count). The van der Waals surface area contributed by atoms with Crippen molar-refractivity contribution in [3.05, 3.63) is 0 Å². The predicted molar refractivity (Wildman–Crippen MR) is 34.8 cm³/mol. The fourth-order valence-electron chi connectivity index (χ4n) is 0.249. The van der Waals surface area contributed by atoms with Gasteiger partial charge in [0.15, 0.2) is 6.67 Å². The van der Waals surface area contributed by atoms with Crippen LogP contribution >= 0.6 is 0 Å². The van der Waals surface area contributed by atoms with Crippen molar-refractivity contribution >= 4 is 0 Å². The zero-order valence-electron chi connectivity index (χ0n) is 7.34. The second-order valence-corrected chi connectivity index (χ2v) is 2.17. The maximum Gasteiger partial charge on any atom is 0.371 e. The van der Waals surface area contributed by atoms with E-state index in [0.717, 1.165) is 0 Å². The van der Waals surface area contributed by atoms with Gasteiger partial charge in [0, 0.05) is 14.2 Å². The quantitative estimate of drug-likeness (QED) is 0.677. The summed E-state index contributed by atoms with van der Waals surface area (Å²) in [5.74, 6) is -10.9. The molecule has 0 N–H and O–H groups in total. The molecule has 0 radical (unpaired) electrons. The summed E-state index contributed by atoms with van der Waals surface area (Å²) in [5.41, 5.74) is 0. The van der Waals surface area contributed by atoms with Crippen molar-refractivity contribution in [1.29, 1.82) is 0 Å². The van der Waals surface area contributed by atoms with Gasteiger partial charge in [-0.3, -0.25) is 0 Å². The van der Waals surface area contributed by atoms with Crippen LogP contribution in [0.1, 0.15) is 0 Å². The molecule has 0 aromatic carbocycles. The first kappa shape index (κ1) is 15.9. The van der Waals surface area contributed by atoms with Crippen LogP contribution in [0.25, 0.3) is 0 Å². The fourth-order valence-corrected chi connectivity index (χ4v) is 0.249. The summed E-state index contributed by atoms with van der Waals surface area (Å²) in [4.78, 5) is 0. The number of hydrogen-bond acceptors (Lipinski definition) is 1. The van der Waals surface area contributed by atoms with Crippen LogP contribution in [0.2, 0.25) is 0 Å². The maximum absolute atomic E-state index is 11.6. The van der Waals surface area contributed by atoms with Gasteiger partial charge in [-0.25, -0.2) is 13.2 Å². The van der Waals surface area contributed by atoms with Gasteiger partial charge in [-0.1, -0.05) is 0 Å². The standard InChI is InChI=1S/C4H3F7.C2H6O/c5-1-3(8,9)4(10,11)2(6)7;1-3-2/h2H,1H2;1-2H3. The first-order valence-electron chi connectivity index (χ1n) is 3.17. The number of halogens is 7. The van der Waals surface area contributed by atoms with Crippen molar-refractivity contribution in [3.63, 3.8) is 0 Å². The number of alkyl halides is 7. The number of rotatable bonds is 3. The summed E-state index contributed by atoms with van der Waals surface area (Å²) >= 11 is 0. The van der Waals surface area contributed by atoms with Gasteiger partial charge in [-0.2, -0.15) is 17.6 Å². The molecule has 1 nitrogen and oxygen atoms in total. The van der Waals surface area contributed by atoms with Crippen molar-refractivity contribution in [3.8, 4) is 0 Å².